The molecule has 0 aliphatic carbocycles. The van der Waals surface area contributed by atoms with Crippen LogP contribution in [0.5, 0.6) is 5.75 Å². The first-order chi connectivity index (χ1) is 16.8. The zero-order valence-corrected chi connectivity index (χ0v) is 20.7. The molecule has 0 saturated carbocycles. The molecule has 1 spiro atoms. The monoisotopic (exact) mass is 478 g/mol. The minimum absolute atomic E-state index is 0.0358. The molecule has 8 heteroatoms. The molecular formula is C27H34N4O4. The van der Waals surface area contributed by atoms with Crippen molar-refractivity contribution in [3.05, 3.63) is 54.6 Å². The summed E-state index contributed by atoms with van der Waals surface area (Å²) < 4.78 is 5.16. The van der Waals surface area contributed by atoms with Gasteiger partial charge in [0.05, 0.1) is 13.8 Å². The van der Waals surface area contributed by atoms with Crippen molar-refractivity contribution in [1.29, 1.82) is 0 Å². The van der Waals surface area contributed by atoms with Crippen LogP contribution in [0.3, 0.4) is 0 Å². The number of methoxy groups -OCH3 is 1. The summed E-state index contributed by atoms with van der Waals surface area (Å²) in [4.78, 5) is 44.8. The van der Waals surface area contributed by atoms with E-state index in [9.17, 15) is 14.4 Å². The molecule has 1 N–H and O–H groups in total. The first-order valence-electron chi connectivity index (χ1n) is 12.2. The molecule has 186 valence electrons. The Labute approximate surface area is 206 Å². The molecule has 4 rings (SSSR count). The quantitative estimate of drug-likeness (QED) is 0.660. The topological polar surface area (TPSA) is 82.2 Å². The third kappa shape index (κ3) is 5.26. The number of nitrogens with zero attached hydrogens (tertiary/aromatic N) is 3. The number of benzene rings is 2. The van der Waals surface area contributed by atoms with E-state index in [4.69, 9.17) is 4.74 Å². The number of rotatable bonds is 7. The molecule has 0 atom stereocenters. The molecule has 35 heavy (non-hydrogen) atoms. The summed E-state index contributed by atoms with van der Waals surface area (Å²) in [5.74, 6) is 0.839. The number of carbonyl (C=O) groups excluding carboxylic acids is 3. The van der Waals surface area contributed by atoms with Gasteiger partial charge in [-0.1, -0.05) is 32.0 Å². The van der Waals surface area contributed by atoms with Crippen molar-refractivity contribution in [3.63, 3.8) is 0 Å². The summed E-state index contributed by atoms with van der Waals surface area (Å²) in [6.45, 7) is 5.44. The van der Waals surface area contributed by atoms with E-state index in [0.717, 1.165) is 5.69 Å². The fourth-order valence-corrected chi connectivity index (χ4v) is 4.97. The third-order valence-corrected chi connectivity index (χ3v) is 6.82. The lowest BCUT2D eigenvalue weighted by Crippen LogP contribution is -2.57. The van der Waals surface area contributed by atoms with Crippen LogP contribution in [0.2, 0.25) is 0 Å². The zero-order valence-electron chi connectivity index (χ0n) is 20.7. The van der Waals surface area contributed by atoms with Crippen LogP contribution in [0.1, 0.15) is 33.1 Å². The lowest BCUT2D eigenvalue weighted by atomic mass is 9.85. The maximum Gasteiger partial charge on any atom is 0.250 e. The van der Waals surface area contributed by atoms with E-state index >= 15 is 0 Å². The highest BCUT2D eigenvalue weighted by atomic mass is 16.5. The molecule has 2 aromatic carbocycles. The fourth-order valence-electron chi connectivity index (χ4n) is 4.97. The van der Waals surface area contributed by atoms with Crippen LogP contribution in [0.15, 0.2) is 54.6 Å². The van der Waals surface area contributed by atoms with Gasteiger partial charge in [0.1, 0.15) is 17.8 Å². The van der Waals surface area contributed by atoms with Crippen LogP contribution in [-0.4, -0.2) is 66.5 Å². The fraction of sp³-hybridized carbons (Fsp3) is 0.444. The van der Waals surface area contributed by atoms with Gasteiger partial charge in [-0.15, -0.1) is 0 Å². The van der Waals surface area contributed by atoms with Gasteiger partial charge in [0.15, 0.2) is 0 Å². The SMILES string of the molecule is COc1ccc(NC(=O)CN2CN(c3ccccc3)C3(CCN(C(=O)CC(C)C)CC3)C2=O)cc1. The average molecular weight is 479 g/mol. The van der Waals surface area contributed by atoms with E-state index in [1.807, 2.05) is 49.1 Å². The maximum atomic E-state index is 13.8. The number of ether oxygens (including phenoxy) is 1. The van der Waals surface area contributed by atoms with Gasteiger partial charge < -0.3 is 24.8 Å². The summed E-state index contributed by atoms with van der Waals surface area (Å²) in [6, 6.07) is 16.9. The van der Waals surface area contributed by atoms with Gasteiger partial charge in [0.2, 0.25) is 11.8 Å². The van der Waals surface area contributed by atoms with Crippen LogP contribution < -0.4 is 15.0 Å². The van der Waals surface area contributed by atoms with E-state index in [-0.39, 0.29) is 24.3 Å². The molecule has 2 aromatic rings. The summed E-state index contributed by atoms with van der Waals surface area (Å²) >= 11 is 0. The number of piperidine rings is 1. The van der Waals surface area contributed by atoms with E-state index in [1.165, 1.54) is 0 Å². The van der Waals surface area contributed by atoms with Crippen LogP contribution in [-0.2, 0) is 14.4 Å². The second kappa shape index (κ2) is 10.4. The molecule has 8 nitrogen and oxygen atoms in total. The van der Waals surface area contributed by atoms with Crippen molar-refractivity contribution >= 4 is 29.1 Å². The lowest BCUT2D eigenvalue weighted by Gasteiger charge is -2.43. The molecule has 2 fully saturated rings. The molecule has 0 radical (unpaired) electrons. The van der Waals surface area contributed by atoms with Crippen molar-refractivity contribution in [2.45, 2.75) is 38.6 Å². The van der Waals surface area contributed by atoms with Crippen LogP contribution in [0, 0.1) is 5.92 Å². The predicted octanol–water partition coefficient (Wildman–Crippen LogP) is 3.35. The largest absolute Gasteiger partial charge is 0.497 e. The molecule has 0 bridgehead atoms. The van der Waals surface area contributed by atoms with Gasteiger partial charge in [-0.3, -0.25) is 14.4 Å². The Hall–Kier alpha value is -3.55. The number of hydrogen-bond donors (Lipinski definition) is 1. The Kier molecular flexibility index (Phi) is 7.28. The molecule has 3 amide bonds. The molecular weight excluding hydrogens is 444 g/mol. The highest BCUT2D eigenvalue weighted by Gasteiger charge is 2.54. The molecule has 2 saturated heterocycles. The average Bonchev–Trinajstić information content (AvgIpc) is 3.11. The summed E-state index contributed by atoms with van der Waals surface area (Å²) in [7, 11) is 1.59. The summed E-state index contributed by atoms with van der Waals surface area (Å²) in [5, 5.41) is 2.87. The van der Waals surface area contributed by atoms with Gasteiger partial charge in [-0.2, -0.15) is 0 Å². The highest BCUT2D eigenvalue weighted by Crippen LogP contribution is 2.39. The van der Waals surface area contributed by atoms with Gasteiger partial charge >= 0.3 is 0 Å². The number of anilines is 2. The molecule has 2 aliphatic heterocycles. The smallest absolute Gasteiger partial charge is 0.250 e. The van der Waals surface area contributed by atoms with Crippen molar-refractivity contribution in [1.82, 2.24) is 9.80 Å². The standard InChI is InChI=1S/C27H34N4O4/c1-20(2)17-25(33)29-15-13-27(14-16-29)26(34)30(19-31(27)22-7-5-4-6-8-22)18-24(32)28-21-9-11-23(35-3)12-10-21/h4-12,20H,13-19H2,1-3H3,(H,28,32). The minimum Gasteiger partial charge on any atom is -0.497 e. The Morgan fingerprint density at radius 2 is 1.69 bits per heavy atom. The minimum atomic E-state index is -0.754. The highest BCUT2D eigenvalue weighted by molar-refractivity contribution is 5.99. The Morgan fingerprint density at radius 1 is 1.03 bits per heavy atom. The normalized spacial score (nSPS) is 17.3. The number of hydrogen-bond acceptors (Lipinski definition) is 5. The number of likely N-dealkylation sites (tertiary alicyclic amines) is 1. The molecule has 2 aliphatic rings. The van der Waals surface area contributed by atoms with E-state index in [2.05, 4.69) is 10.2 Å². The predicted molar refractivity (Wildman–Crippen MR) is 135 cm³/mol. The number of para-hydroxylation sites is 1. The van der Waals surface area contributed by atoms with Gasteiger partial charge in [-0.05, 0) is 55.2 Å². The first kappa shape index (κ1) is 24.6. The summed E-state index contributed by atoms with van der Waals surface area (Å²) in [6.07, 6.45) is 1.60. The third-order valence-electron chi connectivity index (χ3n) is 6.82. The van der Waals surface area contributed by atoms with E-state index in [0.29, 0.717) is 56.4 Å². The van der Waals surface area contributed by atoms with Crippen LogP contribution >= 0.6 is 0 Å². The Bertz CT molecular complexity index is 1050. The van der Waals surface area contributed by atoms with E-state index in [1.54, 1.807) is 36.3 Å². The molecule has 0 unspecified atom stereocenters. The number of nitrogens with one attached hydrogen (secondary N) is 1. The number of carbonyl (C=O) groups is 3. The molecule has 0 aromatic heterocycles. The Morgan fingerprint density at radius 3 is 2.29 bits per heavy atom. The zero-order chi connectivity index (χ0) is 25.0. The van der Waals surface area contributed by atoms with Crippen molar-refractivity contribution in [2.24, 2.45) is 5.92 Å². The van der Waals surface area contributed by atoms with Crippen molar-refractivity contribution < 1.29 is 19.1 Å². The van der Waals surface area contributed by atoms with Gasteiger partial charge in [0, 0.05) is 30.9 Å². The van der Waals surface area contributed by atoms with Crippen LogP contribution in [0.4, 0.5) is 11.4 Å². The van der Waals surface area contributed by atoms with Gasteiger partial charge in [0.25, 0.3) is 5.91 Å². The second-order valence-electron chi connectivity index (χ2n) is 9.70. The lowest BCUT2D eigenvalue weighted by molar-refractivity contribution is -0.139. The second-order valence-corrected chi connectivity index (χ2v) is 9.70. The van der Waals surface area contributed by atoms with Crippen molar-refractivity contribution in [2.75, 3.05) is 43.6 Å². The number of amides is 3. The van der Waals surface area contributed by atoms with E-state index < -0.39 is 5.54 Å². The first-order valence-corrected chi connectivity index (χ1v) is 12.2. The maximum absolute atomic E-state index is 13.8. The summed E-state index contributed by atoms with van der Waals surface area (Å²) in [5.41, 5.74) is 0.839. The van der Waals surface area contributed by atoms with Crippen molar-refractivity contribution in [3.8, 4) is 5.75 Å². The van der Waals surface area contributed by atoms with Crippen LogP contribution in [0.25, 0.3) is 0 Å². The Balaban J connectivity index is 1.49. The molecule has 2 heterocycles. The van der Waals surface area contributed by atoms with Gasteiger partial charge in [-0.25, -0.2) is 0 Å².